The Morgan fingerprint density at radius 3 is 1.70 bits per heavy atom. The van der Waals surface area contributed by atoms with Crippen LogP contribution in [0, 0.1) is 0 Å². The molecule has 1 aliphatic rings. The Morgan fingerprint density at radius 2 is 0.979 bits per heavy atom. The average Bonchev–Trinajstić information content (AvgIpc) is 3.69. The third-order valence-electron chi connectivity index (χ3n) is 9.15. The molecule has 6 aromatic carbocycles. The molecule has 3 aromatic heterocycles. The molecule has 9 aromatic rings. The van der Waals surface area contributed by atoms with Crippen LogP contribution in [0.4, 0.5) is 0 Å². The molecule has 3 heterocycles. The van der Waals surface area contributed by atoms with Gasteiger partial charge in [-0.15, -0.1) is 0 Å². The lowest BCUT2D eigenvalue weighted by Crippen LogP contribution is -2.00. The van der Waals surface area contributed by atoms with E-state index in [9.17, 15) is 0 Å². The van der Waals surface area contributed by atoms with Crippen molar-refractivity contribution >= 4 is 32.8 Å². The average molecular weight is 601 g/mol. The third kappa shape index (κ3) is 3.97. The van der Waals surface area contributed by atoms with E-state index in [4.69, 9.17) is 19.4 Å². The fraction of sp³-hybridized carbons (Fsp3) is 0. The zero-order valence-electron chi connectivity index (χ0n) is 25.1. The second kappa shape index (κ2) is 10.0. The maximum absolute atomic E-state index is 6.45. The number of fused-ring (bicyclic) bond motifs is 6. The highest BCUT2D eigenvalue weighted by atomic mass is 16.3. The van der Waals surface area contributed by atoms with Crippen LogP contribution in [-0.4, -0.2) is 19.9 Å². The quantitative estimate of drug-likeness (QED) is 0.201. The van der Waals surface area contributed by atoms with Crippen molar-refractivity contribution in [1.82, 2.24) is 19.9 Å². The van der Waals surface area contributed by atoms with E-state index in [1.807, 2.05) is 72.8 Å². The topological polar surface area (TPSA) is 64.7 Å². The zero-order chi connectivity index (χ0) is 30.9. The summed E-state index contributed by atoms with van der Waals surface area (Å²) in [4.78, 5) is 19.7. The molecule has 10 rings (SSSR count). The molecule has 0 radical (unpaired) electrons. The number of nitrogens with zero attached hydrogens (tertiary/aromatic N) is 4. The van der Waals surface area contributed by atoms with Crippen LogP contribution in [0.2, 0.25) is 0 Å². The highest BCUT2D eigenvalue weighted by Gasteiger charge is 2.24. The molecule has 0 fully saturated rings. The van der Waals surface area contributed by atoms with Gasteiger partial charge in [0.25, 0.3) is 0 Å². The molecule has 5 heteroatoms. The van der Waals surface area contributed by atoms with Crippen molar-refractivity contribution in [2.24, 2.45) is 0 Å². The first kappa shape index (κ1) is 25.8. The normalized spacial score (nSPS) is 11.8. The number of rotatable bonds is 4. The highest BCUT2D eigenvalue weighted by molar-refractivity contribution is 6.19. The fourth-order valence-electron chi connectivity index (χ4n) is 7.06. The molecular formula is C42H24N4O. The van der Waals surface area contributed by atoms with Gasteiger partial charge in [0, 0.05) is 33.7 Å². The molecule has 47 heavy (non-hydrogen) atoms. The minimum absolute atomic E-state index is 0.578. The van der Waals surface area contributed by atoms with Gasteiger partial charge in [0.05, 0.1) is 0 Å². The van der Waals surface area contributed by atoms with E-state index in [1.165, 1.54) is 33.0 Å². The monoisotopic (exact) mass is 600 g/mol. The summed E-state index contributed by atoms with van der Waals surface area (Å²) < 4.78 is 6.45. The minimum Gasteiger partial charge on any atom is -0.438 e. The molecule has 0 spiro atoms. The van der Waals surface area contributed by atoms with Crippen LogP contribution < -0.4 is 0 Å². The van der Waals surface area contributed by atoms with E-state index in [2.05, 4.69) is 71.7 Å². The minimum atomic E-state index is 0.578. The summed E-state index contributed by atoms with van der Waals surface area (Å²) >= 11 is 0. The number of furan rings is 1. The number of benzene rings is 6. The van der Waals surface area contributed by atoms with Crippen molar-refractivity contribution in [3.63, 3.8) is 0 Å². The Labute approximate surface area is 269 Å². The van der Waals surface area contributed by atoms with Crippen molar-refractivity contribution in [2.45, 2.75) is 0 Å². The third-order valence-corrected chi connectivity index (χ3v) is 9.15. The molecule has 0 bridgehead atoms. The number of hydrogen-bond acceptors (Lipinski definition) is 5. The summed E-state index contributed by atoms with van der Waals surface area (Å²) in [5.41, 5.74) is 11.3. The molecule has 1 aliphatic carbocycles. The van der Waals surface area contributed by atoms with E-state index < -0.39 is 0 Å². The summed E-state index contributed by atoms with van der Waals surface area (Å²) in [5.74, 6) is 1.80. The van der Waals surface area contributed by atoms with Crippen LogP contribution in [0.3, 0.4) is 0 Å². The van der Waals surface area contributed by atoms with Crippen LogP contribution in [0.1, 0.15) is 0 Å². The molecule has 0 amide bonds. The lowest BCUT2D eigenvalue weighted by Gasteiger charge is -2.13. The van der Waals surface area contributed by atoms with Gasteiger partial charge in [-0.25, -0.2) is 19.9 Å². The Morgan fingerprint density at radius 1 is 0.383 bits per heavy atom. The first-order valence-corrected chi connectivity index (χ1v) is 15.6. The van der Waals surface area contributed by atoms with Crippen LogP contribution in [0.5, 0.6) is 0 Å². The molecule has 0 saturated heterocycles. The van der Waals surface area contributed by atoms with Crippen molar-refractivity contribution < 1.29 is 4.42 Å². The number of aromatic nitrogens is 4. The lowest BCUT2D eigenvalue weighted by atomic mass is 9.92. The van der Waals surface area contributed by atoms with Gasteiger partial charge >= 0.3 is 0 Å². The maximum Gasteiger partial charge on any atom is 0.227 e. The molecule has 218 valence electrons. The van der Waals surface area contributed by atoms with Gasteiger partial charge in [0.15, 0.2) is 17.5 Å². The van der Waals surface area contributed by atoms with Gasteiger partial charge in [-0.2, -0.15) is 0 Å². The van der Waals surface area contributed by atoms with Crippen LogP contribution in [0.25, 0.3) is 100 Å². The summed E-state index contributed by atoms with van der Waals surface area (Å²) in [7, 11) is 0. The second-order valence-electron chi connectivity index (χ2n) is 11.8. The van der Waals surface area contributed by atoms with Crippen molar-refractivity contribution in [2.75, 3.05) is 0 Å². The second-order valence-corrected chi connectivity index (χ2v) is 11.8. The van der Waals surface area contributed by atoms with E-state index in [-0.39, 0.29) is 0 Å². The van der Waals surface area contributed by atoms with Crippen LogP contribution in [0.15, 0.2) is 150 Å². The first-order valence-electron chi connectivity index (χ1n) is 15.6. The van der Waals surface area contributed by atoms with E-state index in [0.717, 1.165) is 44.2 Å². The maximum atomic E-state index is 6.45. The summed E-state index contributed by atoms with van der Waals surface area (Å²) in [6.07, 6.45) is 1.76. The van der Waals surface area contributed by atoms with Gasteiger partial charge < -0.3 is 4.42 Å². The molecule has 0 N–H and O–H groups in total. The Balaban J connectivity index is 1.27. The van der Waals surface area contributed by atoms with Crippen molar-refractivity contribution in [3.05, 3.63) is 146 Å². The fourth-order valence-corrected chi connectivity index (χ4v) is 7.06. The van der Waals surface area contributed by atoms with Gasteiger partial charge in [-0.05, 0) is 68.4 Å². The Kier molecular flexibility index (Phi) is 5.51. The van der Waals surface area contributed by atoms with Crippen molar-refractivity contribution in [3.8, 4) is 67.5 Å². The highest BCUT2D eigenvalue weighted by Crippen LogP contribution is 2.50. The van der Waals surface area contributed by atoms with Gasteiger partial charge in [-0.3, -0.25) is 0 Å². The number of hydrogen-bond donors (Lipinski definition) is 0. The summed E-state index contributed by atoms with van der Waals surface area (Å²) in [5, 5.41) is 4.32. The summed E-state index contributed by atoms with van der Waals surface area (Å²) in [6, 6.07) is 48.2. The first-order chi connectivity index (χ1) is 23.3. The van der Waals surface area contributed by atoms with Gasteiger partial charge in [-0.1, -0.05) is 115 Å². The van der Waals surface area contributed by atoms with Crippen LogP contribution >= 0.6 is 0 Å². The van der Waals surface area contributed by atoms with E-state index in [0.29, 0.717) is 23.2 Å². The molecule has 0 unspecified atom stereocenters. The standard InChI is InChI=1S/C42H24N4O/c1-3-11-25(12-4-1)39-44-40(26-13-5-2-6-14-26)46-41(45-39)35-23-27(24-36-38(35)34-19-10-22-43-42(34)47-36)28-20-21-33-30-16-8-7-15-29(30)32-18-9-17-31(28)37(32)33/h1-24H. The predicted molar refractivity (Wildman–Crippen MR) is 189 cm³/mol. The largest absolute Gasteiger partial charge is 0.438 e. The molecule has 0 saturated carbocycles. The van der Waals surface area contributed by atoms with E-state index >= 15 is 0 Å². The van der Waals surface area contributed by atoms with E-state index in [1.54, 1.807) is 6.20 Å². The Hall–Kier alpha value is -6.46. The molecule has 5 nitrogen and oxygen atoms in total. The molecular weight excluding hydrogens is 576 g/mol. The summed E-state index contributed by atoms with van der Waals surface area (Å²) in [6.45, 7) is 0. The number of pyridine rings is 1. The lowest BCUT2D eigenvalue weighted by molar-refractivity contribution is 0.654. The smallest absolute Gasteiger partial charge is 0.227 e. The van der Waals surface area contributed by atoms with Crippen molar-refractivity contribution in [1.29, 1.82) is 0 Å². The molecule has 0 aliphatic heterocycles. The predicted octanol–water partition coefficient (Wildman–Crippen LogP) is 10.6. The Bertz CT molecular complexity index is 2590. The van der Waals surface area contributed by atoms with Gasteiger partial charge in [0.2, 0.25) is 5.71 Å². The van der Waals surface area contributed by atoms with Gasteiger partial charge in [0.1, 0.15) is 5.58 Å². The van der Waals surface area contributed by atoms with Crippen LogP contribution in [-0.2, 0) is 0 Å². The SMILES string of the molecule is c1ccc(-c2nc(-c3ccccc3)nc(-c3cc(-c4ccc5c6c(cccc46)-c4ccccc4-5)cc4oc5ncccc5c34)n2)cc1. The molecule has 0 atom stereocenters. The zero-order valence-corrected chi connectivity index (χ0v) is 25.1.